The highest BCUT2D eigenvalue weighted by atomic mass is 13.7. The summed E-state index contributed by atoms with van der Waals surface area (Å²) in [5.41, 5.74) is 0. The third kappa shape index (κ3) is 879. The summed E-state index contributed by atoms with van der Waals surface area (Å²) in [7, 11) is 0. The molecule has 0 aliphatic heterocycles. The maximum atomic E-state index is 4.00. The molecule has 0 aliphatic rings. The van der Waals surface area contributed by atoms with Crippen molar-refractivity contribution in [2.45, 2.75) is 94.9 Å². The standard InChI is InChI=1S/C5H12.C3H8.3C2H6.C2H2/c1-3-5-4-2;1-3-2;4*1-2/h3-5H2,1-2H3;3H2,1-2H3;3*1-2H3;1-2H. The Morgan fingerprint density at radius 3 is 0.688 bits per heavy atom. The van der Waals surface area contributed by atoms with Gasteiger partial charge in [-0.1, -0.05) is 94.9 Å². The lowest BCUT2D eigenvalue weighted by Gasteiger charge is -1.79. The largest absolute Gasteiger partial charge is 0.124 e. The summed E-state index contributed by atoms with van der Waals surface area (Å²) in [6.07, 6.45) is 13.3. The van der Waals surface area contributed by atoms with Crippen LogP contribution in [0.5, 0.6) is 0 Å². The van der Waals surface area contributed by atoms with Crippen LogP contribution in [0.25, 0.3) is 0 Å². The first-order chi connectivity index (χ1) is 7.83. The van der Waals surface area contributed by atoms with Gasteiger partial charge in [-0.25, -0.2) is 0 Å². The molecule has 16 heavy (non-hydrogen) atoms. The van der Waals surface area contributed by atoms with Crippen molar-refractivity contribution in [1.82, 2.24) is 0 Å². The van der Waals surface area contributed by atoms with Crippen LogP contribution in [0.15, 0.2) is 0 Å². The molecular formula is C16H40. The van der Waals surface area contributed by atoms with Crippen LogP contribution in [0.3, 0.4) is 0 Å². The minimum Gasteiger partial charge on any atom is -0.124 e. The summed E-state index contributed by atoms with van der Waals surface area (Å²) in [5, 5.41) is 0. The van der Waals surface area contributed by atoms with E-state index in [1.807, 2.05) is 41.5 Å². The lowest BCUT2D eigenvalue weighted by molar-refractivity contribution is 0.772. The van der Waals surface area contributed by atoms with E-state index in [4.69, 9.17) is 0 Å². The molecule has 0 amide bonds. The fraction of sp³-hybridized carbons (Fsp3) is 0.875. The van der Waals surface area contributed by atoms with Crippen molar-refractivity contribution < 1.29 is 0 Å². The van der Waals surface area contributed by atoms with Gasteiger partial charge in [0.05, 0.1) is 0 Å². The van der Waals surface area contributed by atoms with Crippen LogP contribution in [-0.2, 0) is 0 Å². The van der Waals surface area contributed by atoms with Crippen molar-refractivity contribution in [3.8, 4) is 12.8 Å². The van der Waals surface area contributed by atoms with E-state index in [9.17, 15) is 0 Å². The second-order valence-electron chi connectivity index (χ2n) is 2.06. The summed E-state index contributed by atoms with van der Waals surface area (Å²) >= 11 is 0. The summed E-state index contributed by atoms with van der Waals surface area (Å²) < 4.78 is 0. The molecule has 0 aromatic rings. The molecule has 0 spiro atoms. The molecule has 0 fully saturated rings. The van der Waals surface area contributed by atoms with E-state index in [0.29, 0.717) is 0 Å². The minimum atomic E-state index is 1.25. The van der Waals surface area contributed by atoms with Crippen LogP contribution < -0.4 is 0 Å². The van der Waals surface area contributed by atoms with Gasteiger partial charge < -0.3 is 0 Å². The van der Waals surface area contributed by atoms with Gasteiger partial charge in [-0.05, 0) is 0 Å². The molecule has 0 heterocycles. The summed E-state index contributed by atoms with van der Waals surface area (Å²) in [4.78, 5) is 0. The molecule has 0 nitrogen and oxygen atoms in total. The van der Waals surface area contributed by atoms with Crippen molar-refractivity contribution in [2.75, 3.05) is 0 Å². The van der Waals surface area contributed by atoms with Crippen molar-refractivity contribution in [2.24, 2.45) is 0 Å². The van der Waals surface area contributed by atoms with Crippen molar-refractivity contribution in [3.63, 3.8) is 0 Å². The van der Waals surface area contributed by atoms with Crippen LogP contribution >= 0.6 is 0 Å². The van der Waals surface area contributed by atoms with Gasteiger partial charge in [0.25, 0.3) is 0 Å². The predicted molar refractivity (Wildman–Crippen MR) is 85.1 cm³/mol. The molecule has 0 rings (SSSR count). The molecule has 0 heteroatoms. The Balaban J connectivity index is -0.0000000201. The van der Waals surface area contributed by atoms with E-state index in [1.54, 1.807) is 0 Å². The topological polar surface area (TPSA) is 0 Å². The average Bonchev–Trinajstić information content (AvgIpc) is 2.41. The first kappa shape index (κ1) is 36.1. The Labute approximate surface area is 108 Å². The predicted octanol–water partition coefficient (Wildman–Crippen LogP) is 6.94. The SMILES string of the molecule is C#C.CC.CC.CC.CCC.CCCCC. The summed E-state index contributed by atoms with van der Waals surface area (Å²) in [6, 6.07) is 0. The highest BCUT2D eigenvalue weighted by molar-refractivity contribution is 4.47. The van der Waals surface area contributed by atoms with E-state index >= 15 is 0 Å². The average molecular weight is 232 g/mol. The smallest absolute Gasteiger partial charge is 0.0538 e. The maximum Gasteiger partial charge on any atom is -0.0538 e. The van der Waals surface area contributed by atoms with Crippen molar-refractivity contribution >= 4 is 0 Å². The molecule has 0 aliphatic carbocycles. The number of hydrogen-bond donors (Lipinski definition) is 0. The Bertz CT molecular complexity index is 32.5. The fourth-order valence-corrected chi connectivity index (χ4v) is 0.354. The van der Waals surface area contributed by atoms with Crippen LogP contribution in [0.1, 0.15) is 94.9 Å². The Kier molecular flexibility index (Phi) is 477. The zero-order valence-corrected chi connectivity index (χ0v) is 14.0. The molecule has 104 valence electrons. The molecule has 0 saturated carbocycles. The van der Waals surface area contributed by atoms with E-state index in [1.165, 1.54) is 25.7 Å². The monoisotopic (exact) mass is 232 g/mol. The number of hydrogen-bond acceptors (Lipinski definition) is 0. The zero-order valence-electron chi connectivity index (χ0n) is 14.0. The highest BCUT2D eigenvalue weighted by Gasteiger charge is 1.68. The summed E-state index contributed by atoms with van der Waals surface area (Å²) in [6.45, 7) is 20.7. The number of unbranched alkanes of at least 4 members (excludes halogenated alkanes) is 2. The highest BCUT2D eigenvalue weighted by Crippen LogP contribution is 1.88. The van der Waals surface area contributed by atoms with Gasteiger partial charge in [0.15, 0.2) is 0 Å². The van der Waals surface area contributed by atoms with Crippen molar-refractivity contribution in [1.29, 1.82) is 0 Å². The third-order valence-electron chi connectivity index (χ3n) is 0.707. The van der Waals surface area contributed by atoms with Crippen LogP contribution in [0, 0.1) is 12.8 Å². The first-order valence-corrected chi connectivity index (χ1v) is 7.16. The molecule has 0 bridgehead atoms. The number of terminal acetylenes is 1. The van der Waals surface area contributed by atoms with Gasteiger partial charge in [0, 0.05) is 0 Å². The Morgan fingerprint density at radius 1 is 0.562 bits per heavy atom. The molecule has 0 atom stereocenters. The van der Waals surface area contributed by atoms with Crippen LogP contribution in [0.2, 0.25) is 0 Å². The van der Waals surface area contributed by atoms with Gasteiger partial charge in [-0.3, -0.25) is 0 Å². The molecule has 0 aromatic heterocycles. The molecule has 0 unspecified atom stereocenters. The van der Waals surface area contributed by atoms with E-state index in [-0.39, 0.29) is 0 Å². The van der Waals surface area contributed by atoms with Gasteiger partial charge in [0.1, 0.15) is 0 Å². The van der Waals surface area contributed by atoms with E-state index < -0.39 is 0 Å². The Hall–Kier alpha value is -0.440. The quantitative estimate of drug-likeness (QED) is 0.452. The van der Waals surface area contributed by atoms with Gasteiger partial charge >= 0.3 is 0 Å². The summed E-state index contributed by atoms with van der Waals surface area (Å²) in [5.74, 6) is 0. The molecule has 0 saturated heterocycles. The molecular weight excluding hydrogens is 192 g/mol. The second-order valence-corrected chi connectivity index (χ2v) is 2.06. The zero-order chi connectivity index (χ0) is 14.8. The van der Waals surface area contributed by atoms with E-state index in [2.05, 4.69) is 40.5 Å². The third-order valence-corrected chi connectivity index (χ3v) is 0.707. The minimum absolute atomic E-state index is 1.25. The van der Waals surface area contributed by atoms with E-state index in [0.717, 1.165) is 0 Å². The Morgan fingerprint density at radius 2 is 0.688 bits per heavy atom. The van der Waals surface area contributed by atoms with Gasteiger partial charge in [-0.15, -0.1) is 12.8 Å². The molecule has 0 aromatic carbocycles. The lowest BCUT2D eigenvalue weighted by Crippen LogP contribution is -1.59. The second kappa shape index (κ2) is 211. The normalized spacial score (nSPS) is 5.00. The van der Waals surface area contributed by atoms with Crippen LogP contribution in [0.4, 0.5) is 0 Å². The first-order valence-electron chi connectivity index (χ1n) is 7.16. The molecule has 0 N–H and O–H groups in total. The van der Waals surface area contributed by atoms with Gasteiger partial charge in [-0.2, -0.15) is 0 Å². The lowest BCUT2D eigenvalue weighted by atomic mass is 10.3. The van der Waals surface area contributed by atoms with Crippen molar-refractivity contribution in [3.05, 3.63) is 0 Å². The number of rotatable bonds is 2. The van der Waals surface area contributed by atoms with Gasteiger partial charge in [0.2, 0.25) is 0 Å². The van der Waals surface area contributed by atoms with Crippen LogP contribution in [-0.4, -0.2) is 0 Å². The molecule has 0 radical (unpaired) electrons. The fourth-order valence-electron chi connectivity index (χ4n) is 0.354. The maximum absolute atomic E-state index is 4.00.